The normalized spacial score (nSPS) is 17.0. The Labute approximate surface area is 118 Å². The second kappa shape index (κ2) is 6.52. The molecule has 1 aromatic rings. The molecule has 2 atom stereocenters. The number of rotatable bonds is 4. The Morgan fingerprint density at radius 3 is 2.75 bits per heavy atom. The zero-order valence-corrected chi connectivity index (χ0v) is 12.3. The molecule has 2 unspecified atom stereocenters. The molecule has 108 valence electrons. The van der Waals surface area contributed by atoms with Crippen molar-refractivity contribution < 1.29 is 9.50 Å². The Balaban J connectivity index is 3.33. The van der Waals surface area contributed by atoms with Crippen LogP contribution in [0.25, 0.3) is 0 Å². The second-order valence-corrected chi connectivity index (χ2v) is 4.77. The van der Waals surface area contributed by atoms with Crippen molar-refractivity contribution in [2.24, 2.45) is 9.98 Å². The van der Waals surface area contributed by atoms with Crippen LogP contribution in [-0.2, 0) is 5.60 Å². The summed E-state index contributed by atoms with van der Waals surface area (Å²) in [7, 11) is 0. The number of aliphatic hydroxyl groups is 1. The summed E-state index contributed by atoms with van der Waals surface area (Å²) in [6.45, 7) is 10.6. The molecule has 1 rings (SSSR count). The highest BCUT2D eigenvalue weighted by Gasteiger charge is 2.34. The fourth-order valence-corrected chi connectivity index (χ4v) is 1.55. The van der Waals surface area contributed by atoms with E-state index in [4.69, 9.17) is 0 Å². The van der Waals surface area contributed by atoms with Gasteiger partial charge in [-0.15, -0.1) is 0 Å². The van der Waals surface area contributed by atoms with Crippen LogP contribution in [0.15, 0.2) is 40.5 Å². The van der Waals surface area contributed by atoms with Gasteiger partial charge in [-0.25, -0.2) is 9.38 Å². The third kappa shape index (κ3) is 3.57. The van der Waals surface area contributed by atoms with E-state index in [0.29, 0.717) is 0 Å². The van der Waals surface area contributed by atoms with E-state index >= 15 is 0 Å². The molecule has 1 heterocycles. The van der Waals surface area contributed by atoms with Crippen molar-refractivity contribution in [3.05, 3.63) is 42.0 Å². The summed E-state index contributed by atoms with van der Waals surface area (Å²) in [6.07, 6.45) is 2.92. The van der Waals surface area contributed by atoms with Crippen molar-refractivity contribution in [1.82, 2.24) is 4.98 Å². The molecule has 0 aliphatic carbocycles. The van der Waals surface area contributed by atoms with Crippen LogP contribution in [0.4, 0.5) is 4.39 Å². The molecule has 1 aromatic heterocycles. The first-order valence-electron chi connectivity index (χ1n) is 6.36. The smallest absolute Gasteiger partial charge is 0.165 e. The van der Waals surface area contributed by atoms with E-state index in [2.05, 4.69) is 21.5 Å². The van der Waals surface area contributed by atoms with E-state index in [1.807, 2.05) is 13.8 Å². The summed E-state index contributed by atoms with van der Waals surface area (Å²) in [4.78, 5) is 12.3. The maximum Gasteiger partial charge on any atom is 0.165 e. The van der Waals surface area contributed by atoms with Crippen LogP contribution < -0.4 is 0 Å². The Morgan fingerprint density at radius 2 is 2.25 bits per heavy atom. The number of aliphatic imine (C=N–C) groups is 2. The quantitative estimate of drug-likeness (QED) is 0.522. The first-order chi connectivity index (χ1) is 9.30. The van der Waals surface area contributed by atoms with E-state index in [9.17, 15) is 9.50 Å². The molecule has 4 nitrogen and oxygen atoms in total. The van der Waals surface area contributed by atoms with Crippen molar-refractivity contribution >= 4 is 12.1 Å². The highest BCUT2D eigenvalue weighted by Crippen LogP contribution is 2.24. The summed E-state index contributed by atoms with van der Waals surface area (Å²) in [5.74, 6) is -0.493. The molecule has 0 aliphatic rings. The van der Waals surface area contributed by atoms with Crippen LogP contribution in [0, 0.1) is 5.82 Å². The number of halogens is 1. The van der Waals surface area contributed by atoms with Crippen molar-refractivity contribution in [1.29, 1.82) is 0 Å². The topological polar surface area (TPSA) is 57.8 Å². The minimum absolute atomic E-state index is 0.0988. The molecule has 0 saturated heterocycles. The maximum atomic E-state index is 13.8. The van der Waals surface area contributed by atoms with Crippen LogP contribution in [0.2, 0.25) is 0 Å². The maximum absolute atomic E-state index is 13.8. The molecule has 0 radical (unpaired) electrons. The first-order valence-corrected chi connectivity index (χ1v) is 6.36. The lowest BCUT2D eigenvalue weighted by atomic mass is 9.99. The van der Waals surface area contributed by atoms with Crippen molar-refractivity contribution in [3.8, 4) is 0 Å². The standard InChI is InChI=1S/C15H20FN3O/c1-6-17-14(19-11(4)10(2)3)15(5,20)13-12(16)8-7-9-18-13/h6-9,11,20H,2H2,1,3-5H3/b17-6+,19-14-. The molecule has 0 aromatic carbocycles. The summed E-state index contributed by atoms with van der Waals surface area (Å²) in [5.41, 5.74) is -0.981. The number of nitrogens with zero attached hydrogens (tertiary/aromatic N) is 3. The van der Waals surface area contributed by atoms with Gasteiger partial charge in [-0.05, 0) is 39.8 Å². The highest BCUT2D eigenvalue weighted by molar-refractivity contribution is 5.96. The number of pyridine rings is 1. The zero-order valence-electron chi connectivity index (χ0n) is 12.3. The van der Waals surface area contributed by atoms with Crippen LogP contribution in [0.3, 0.4) is 0 Å². The molecular formula is C15H20FN3O. The van der Waals surface area contributed by atoms with E-state index < -0.39 is 11.4 Å². The third-order valence-corrected chi connectivity index (χ3v) is 2.94. The van der Waals surface area contributed by atoms with Crippen LogP contribution in [-0.4, -0.2) is 28.2 Å². The van der Waals surface area contributed by atoms with Gasteiger partial charge in [0.1, 0.15) is 11.5 Å². The largest absolute Gasteiger partial charge is 0.376 e. The van der Waals surface area contributed by atoms with Gasteiger partial charge < -0.3 is 5.11 Å². The summed E-state index contributed by atoms with van der Waals surface area (Å²) in [5, 5.41) is 10.6. The van der Waals surface area contributed by atoms with E-state index in [0.717, 1.165) is 5.57 Å². The molecule has 0 bridgehead atoms. The zero-order chi connectivity index (χ0) is 15.3. The molecule has 0 saturated carbocycles. The predicted molar refractivity (Wildman–Crippen MR) is 79.6 cm³/mol. The average molecular weight is 277 g/mol. The monoisotopic (exact) mass is 277 g/mol. The van der Waals surface area contributed by atoms with Gasteiger partial charge in [0.25, 0.3) is 0 Å². The Hall–Kier alpha value is -1.88. The minimum atomic E-state index is -1.71. The highest BCUT2D eigenvalue weighted by atomic mass is 19.1. The minimum Gasteiger partial charge on any atom is -0.376 e. The van der Waals surface area contributed by atoms with Gasteiger partial charge in [0.05, 0.1) is 6.04 Å². The summed E-state index contributed by atoms with van der Waals surface area (Å²) in [6, 6.07) is 2.48. The Bertz CT molecular complexity index is 550. The van der Waals surface area contributed by atoms with Crippen LogP contribution in [0.1, 0.15) is 33.4 Å². The Morgan fingerprint density at radius 1 is 1.60 bits per heavy atom. The first kappa shape index (κ1) is 16.2. The van der Waals surface area contributed by atoms with Gasteiger partial charge in [0, 0.05) is 12.4 Å². The lowest BCUT2D eigenvalue weighted by Gasteiger charge is -2.23. The lowest BCUT2D eigenvalue weighted by molar-refractivity contribution is 0.121. The molecule has 0 aliphatic heterocycles. The van der Waals surface area contributed by atoms with Gasteiger partial charge >= 0.3 is 0 Å². The SMILES string of the molecule is C=C(C)C(C)/N=C(\N=C\C)C(C)(O)c1ncccc1F. The molecule has 0 amide bonds. The van der Waals surface area contributed by atoms with E-state index in [1.54, 1.807) is 6.92 Å². The number of amidine groups is 1. The molecular weight excluding hydrogens is 257 g/mol. The van der Waals surface area contributed by atoms with Crippen molar-refractivity contribution in [2.45, 2.75) is 39.3 Å². The number of hydrogen-bond acceptors (Lipinski definition) is 3. The molecule has 20 heavy (non-hydrogen) atoms. The van der Waals surface area contributed by atoms with E-state index in [-0.39, 0.29) is 17.6 Å². The average Bonchev–Trinajstić information content (AvgIpc) is 2.38. The van der Waals surface area contributed by atoms with Crippen LogP contribution >= 0.6 is 0 Å². The summed E-state index contributed by atoms with van der Waals surface area (Å²) >= 11 is 0. The molecule has 0 spiro atoms. The fraction of sp³-hybridized carbons (Fsp3) is 0.400. The molecule has 0 fully saturated rings. The van der Waals surface area contributed by atoms with Crippen molar-refractivity contribution in [2.75, 3.05) is 0 Å². The van der Waals surface area contributed by atoms with Gasteiger partial charge in [-0.1, -0.05) is 12.2 Å². The number of hydrogen-bond donors (Lipinski definition) is 1. The van der Waals surface area contributed by atoms with E-state index in [1.165, 1.54) is 31.5 Å². The third-order valence-electron chi connectivity index (χ3n) is 2.94. The Kier molecular flexibility index (Phi) is 5.27. The van der Waals surface area contributed by atoms with Crippen LogP contribution in [0.5, 0.6) is 0 Å². The summed E-state index contributed by atoms with van der Waals surface area (Å²) < 4.78 is 13.8. The van der Waals surface area contributed by atoms with Gasteiger partial charge in [0.15, 0.2) is 11.4 Å². The molecule has 5 heteroatoms. The van der Waals surface area contributed by atoms with Crippen molar-refractivity contribution in [3.63, 3.8) is 0 Å². The molecule has 1 N–H and O–H groups in total. The number of aromatic nitrogens is 1. The van der Waals surface area contributed by atoms with Gasteiger partial charge in [-0.2, -0.15) is 0 Å². The van der Waals surface area contributed by atoms with Gasteiger partial charge in [0.2, 0.25) is 0 Å². The second-order valence-electron chi connectivity index (χ2n) is 4.77. The van der Waals surface area contributed by atoms with Gasteiger partial charge in [-0.3, -0.25) is 9.98 Å². The predicted octanol–water partition coefficient (Wildman–Crippen LogP) is 2.88. The fourth-order valence-electron chi connectivity index (χ4n) is 1.55. The lowest BCUT2D eigenvalue weighted by Crippen LogP contribution is -2.34.